The van der Waals surface area contributed by atoms with Gasteiger partial charge in [0.2, 0.25) is 0 Å². The van der Waals surface area contributed by atoms with Crippen molar-refractivity contribution in [2.45, 2.75) is 19.3 Å². The highest BCUT2D eigenvalue weighted by Gasteiger charge is 2.10. The van der Waals surface area contributed by atoms with Crippen molar-refractivity contribution in [3.63, 3.8) is 0 Å². The number of benzene rings is 1. The number of rotatable bonds is 6. The molecule has 0 radical (unpaired) electrons. The van der Waals surface area contributed by atoms with Crippen LogP contribution in [0.4, 0.5) is 0 Å². The Hall–Kier alpha value is -0.740. The van der Waals surface area contributed by atoms with Crippen LogP contribution in [0.5, 0.6) is 5.75 Å². The van der Waals surface area contributed by atoms with E-state index in [1.54, 1.807) is 12.1 Å². The van der Waals surface area contributed by atoms with Crippen LogP contribution in [-0.2, 0) is 0 Å². The van der Waals surface area contributed by atoms with E-state index < -0.39 is 0 Å². The van der Waals surface area contributed by atoms with Crippen LogP contribution in [-0.4, -0.2) is 23.4 Å². The summed E-state index contributed by atoms with van der Waals surface area (Å²) in [5.41, 5.74) is 0.297. The van der Waals surface area contributed by atoms with Crippen molar-refractivity contribution in [1.29, 1.82) is 0 Å². The first-order valence-electron chi connectivity index (χ1n) is 5.48. The van der Waals surface area contributed by atoms with E-state index in [1.807, 2.05) is 0 Å². The summed E-state index contributed by atoms with van der Waals surface area (Å²) < 4.78 is 0.744. The van der Waals surface area contributed by atoms with Crippen LogP contribution in [0.2, 0.25) is 0 Å². The summed E-state index contributed by atoms with van der Waals surface area (Å²) in [6.45, 7) is 0.602. The number of halogens is 2. The molecule has 0 fully saturated rings. The van der Waals surface area contributed by atoms with Gasteiger partial charge in [0.15, 0.2) is 0 Å². The molecule has 0 aliphatic rings. The minimum atomic E-state index is -0.249. The Balaban J connectivity index is 2.42. The van der Waals surface area contributed by atoms with Crippen molar-refractivity contribution >= 4 is 33.4 Å². The molecule has 0 aliphatic carbocycles. The lowest BCUT2D eigenvalue weighted by Gasteiger charge is -2.06. The first-order valence-corrected chi connectivity index (χ1v) is 6.80. The van der Waals surface area contributed by atoms with Crippen LogP contribution in [0.3, 0.4) is 0 Å². The van der Waals surface area contributed by atoms with Gasteiger partial charge in [-0.3, -0.25) is 4.79 Å². The summed E-state index contributed by atoms with van der Waals surface area (Å²) in [5.74, 6) is 0.389. The molecule has 94 valence electrons. The lowest BCUT2D eigenvalue weighted by Crippen LogP contribution is -2.24. The van der Waals surface area contributed by atoms with Gasteiger partial charge in [0.05, 0.1) is 5.56 Å². The Kier molecular flexibility index (Phi) is 6.37. The molecule has 3 nitrogen and oxygen atoms in total. The van der Waals surface area contributed by atoms with Crippen molar-refractivity contribution in [2.24, 2.45) is 0 Å². The minimum Gasteiger partial charge on any atom is -0.507 e. The number of carbonyl (C=O) groups excluding carboxylic acids is 1. The lowest BCUT2D eigenvalue weighted by molar-refractivity contribution is 0.0950. The molecular weight excluding hydrogens is 305 g/mol. The predicted octanol–water partition coefficient (Wildman–Crippen LogP) is 3.29. The molecule has 0 atom stereocenters. The molecule has 0 spiro atoms. The summed E-state index contributed by atoms with van der Waals surface area (Å²) in [6, 6.07) is 4.82. The zero-order valence-corrected chi connectivity index (χ0v) is 11.7. The molecule has 1 amide bonds. The van der Waals surface area contributed by atoms with Gasteiger partial charge in [0.25, 0.3) is 5.91 Å². The summed E-state index contributed by atoms with van der Waals surface area (Å²) in [7, 11) is 0. The van der Waals surface area contributed by atoms with Crippen molar-refractivity contribution < 1.29 is 9.90 Å². The third kappa shape index (κ3) is 4.96. The second kappa shape index (κ2) is 7.56. The van der Waals surface area contributed by atoms with Crippen LogP contribution in [0.15, 0.2) is 22.7 Å². The Morgan fingerprint density at radius 3 is 2.76 bits per heavy atom. The molecular formula is C12H15BrClNO2. The van der Waals surface area contributed by atoms with E-state index in [1.165, 1.54) is 6.07 Å². The fourth-order valence-corrected chi connectivity index (χ4v) is 1.93. The van der Waals surface area contributed by atoms with E-state index in [0.29, 0.717) is 18.0 Å². The van der Waals surface area contributed by atoms with Gasteiger partial charge < -0.3 is 10.4 Å². The summed E-state index contributed by atoms with van der Waals surface area (Å²) in [5, 5.41) is 12.4. The Morgan fingerprint density at radius 1 is 1.35 bits per heavy atom. The third-order valence-corrected chi connectivity index (χ3v) is 3.06. The first kappa shape index (κ1) is 14.3. The topological polar surface area (TPSA) is 49.3 Å². The molecule has 1 aromatic carbocycles. The van der Waals surface area contributed by atoms with Crippen molar-refractivity contribution in [3.8, 4) is 5.75 Å². The van der Waals surface area contributed by atoms with E-state index >= 15 is 0 Å². The largest absolute Gasteiger partial charge is 0.507 e. The van der Waals surface area contributed by atoms with E-state index in [4.69, 9.17) is 11.6 Å². The number of carbonyl (C=O) groups is 1. The highest BCUT2D eigenvalue weighted by molar-refractivity contribution is 9.10. The van der Waals surface area contributed by atoms with Gasteiger partial charge >= 0.3 is 0 Å². The van der Waals surface area contributed by atoms with Crippen LogP contribution in [0.1, 0.15) is 29.6 Å². The molecule has 0 aliphatic heterocycles. The number of phenols is 1. The zero-order chi connectivity index (χ0) is 12.7. The Bertz CT molecular complexity index is 385. The van der Waals surface area contributed by atoms with E-state index in [2.05, 4.69) is 21.2 Å². The molecule has 0 unspecified atom stereocenters. The van der Waals surface area contributed by atoms with Crippen molar-refractivity contribution in [1.82, 2.24) is 5.32 Å². The molecule has 2 N–H and O–H groups in total. The van der Waals surface area contributed by atoms with Gasteiger partial charge in [-0.25, -0.2) is 0 Å². The van der Waals surface area contributed by atoms with Crippen LogP contribution in [0, 0.1) is 0 Å². The van der Waals surface area contributed by atoms with E-state index in [9.17, 15) is 9.90 Å². The molecule has 17 heavy (non-hydrogen) atoms. The average Bonchev–Trinajstić information content (AvgIpc) is 2.28. The third-order valence-electron chi connectivity index (χ3n) is 2.30. The van der Waals surface area contributed by atoms with Gasteiger partial charge in [-0.05, 0) is 31.0 Å². The Morgan fingerprint density at radius 2 is 2.12 bits per heavy atom. The van der Waals surface area contributed by atoms with Gasteiger partial charge in [-0.2, -0.15) is 0 Å². The van der Waals surface area contributed by atoms with E-state index in [-0.39, 0.29) is 11.7 Å². The van der Waals surface area contributed by atoms with Gasteiger partial charge in [0.1, 0.15) is 5.75 Å². The normalized spacial score (nSPS) is 10.2. The van der Waals surface area contributed by atoms with Gasteiger partial charge in [0, 0.05) is 16.9 Å². The van der Waals surface area contributed by atoms with Crippen molar-refractivity contribution in [3.05, 3.63) is 28.2 Å². The molecule has 0 aromatic heterocycles. The highest BCUT2D eigenvalue weighted by Crippen LogP contribution is 2.21. The van der Waals surface area contributed by atoms with Crippen LogP contribution < -0.4 is 5.32 Å². The molecule has 0 heterocycles. The smallest absolute Gasteiger partial charge is 0.255 e. The van der Waals surface area contributed by atoms with Crippen LogP contribution >= 0.6 is 27.5 Å². The fourth-order valence-electron chi connectivity index (χ4n) is 1.39. The molecule has 1 rings (SSSR count). The second-order valence-corrected chi connectivity index (χ2v) is 4.96. The monoisotopic (exact) mass is 319 g/mol. The standard InChI is InChI=1S/C12H15BrClNO2/c13-9-4-5-10(11(16)8-9)12(17)15-7-3-1-2-6-14/h4-5,8,16H,1-3,6-7H2,(H,15,17). The minimum absolute atomic E-state index is 0.0161. The lowest BCUT2D eigenvalue weighted by atomic mass is 10.2. The molecule has 0 bridgehead atoms. The predicted molar refractivity (Wildman–Crippen MR) is 72.7 cm³/mol. The molecule has 5 heteroatoms. The molecule has 0 saturated heterocycles. The zero-order valence-electron chi connectivity index (χ0n) is 9.38. The number of unbranched alkanes of at least 4 members (excludes halogenated alkanes) is 2. The SMILES string of the molecule is O=C(NCCCCCCl)c1ccc(Br)cc1O. The maximum atomic E-state index is 11.7. The highest BCUT2D eigenvalue weighted by atomic mass is 79.9. The van der Waals surface area contributed by atoms with Crippen LogP contribution in [0.25, 0.3) is 0 Å². The maximum Gasteiger partial charge on any atom is 0.255 e. The summed E-state index contributed by atoms with van der Waals surface area (Å²) >= 11 is 8.77. The molecule has 0 saturated carbocycles. The van der Waals surface area contributed by atoms with Gasteiger partial charge in [-0.15, -0.1) is 11.6 Å². The average molecular weight is 321 g/mol. The van der Waals surface area contributed by atoms with Crippen molar-refractivity contribution in [2.75, 3.05) is 12.4 Å². The quantitative estimate of drug-likeness (QED) is 0.624. The summed E-state index contributed by atoms with van der Waals surface area (Å²) in [4.78, 5) is 11.7. The number of alkyl halides is 1. The number of hydrogen-bond donors (Lipinski definition) is 2. The number of phenolic OH excluding ortho intramolecular Hbond substituents is 1. The number of amides is 1. The first-order chi connectivity index (χ1) is 8.15. The maximum absolute atomic E-state index is 11.7. The summed E-state index contributed by atoms with van der Waals surface area (Å²) in [6.07, 6.45) is 2.85. The molecule has 1 aromatic rings. The Labute approximate surface area is 114 Å². The second-order valence-electron chi connectivity index (χ2n) is 3.67. The number of hydrogen-bond acceptors (Lipinski definition) is 2. The number of nitrogens with one attached hydrogen (secondary N) is 1. The van der Waals surface area contributed by atoms with Gasteiger partial charge in [-0.1, -0.05) is 22.4 Å². The fraction of sp³-hybridized carbons (Fsp3) is 0.417. The number of aromatic hydroxyl groups is 1. The van der Waals surface area contributed by atoms with E-state index in [0.717, 1.165) is 23.7 Å².